The number of thioether (sulfide) groups is 1. The van der Waals surface area contributed by atoms with Gasteiger partial charge in [0, 0.05) is 13.1 Å². The fourth-order valence-electron chi connectivity index (χ4n) is 2.37. The maximum atomic E-state index is 11.8. The largest absolute Gasteiger partial charge is 0.335 e. The molecule has 1 saturated carbocycles. The average molecular weight is 312 g/mol. The molecule has 1 fully saturated rings. The van der Waals surface area contributed by atoms with Crippen LogP contribution in [0.4, 0.5) is 4.79 Å². The van der Waals surface area contributed by atoms with Gasteiger partial charge in [-0.2, -0.15) is 0 Å². The Labute approximate surface area is 127 Å². The van der Waals surface area contributed by atoms with E-state index in [-0.39, 0.29) is 17.7 Å². The molecule has 2 N–H and O–H groups in total. The first kappa shape index (κ1) is 15.7. The molecule has 3 amide bonds. The average Bonchev–Trinajstić information content (AvgIpc) is 2.84. The van der Waals surface area contributed by atoms with Gasteiger partial charge in [0.05, 0.1) is 5.75 Å². The van der Waals surface area contributed by atoms with Crippen LogP contribution < -0.4 is 10.6 Å². The van der Waals surface area contributed by atoms with E-state index in [0.29, 0.717) is 11.1 Å². The predicted molar refractivity (Wildman–Crippen MR) is 77.6 cm³/mol. The van der Waals surface area contributed by atoms with E-state index in [2.05, 4.69) is 33.1 Å². The van der Waals surface area contributed by atoms with Crippen LogP contribution in [0.1, 0.15) is 32.6 Å². The number of hydrogen-bond acceptors (Lipinski definition) is 6. The number of carbonyl (C=O) groups is 2. The minimum Gasteiger partial charge on any atom is -0.335 e. The maximum absolute atomic E-state index is 11.8. The molecule has 1 aromatic heterocycles. The third-order valence-electron chi connectivity index (χ3n) is 3.59. The van der Waals surface area contributed by atoms with Crippen molar-refractivity contribution < 1.29 is 9.59 Å². The molecule has 0 radical (unpaired) electrons. The lowest BCUT2D eigenvalue weighted by Crippen LogP contribution is -2.48. The first-order chi connectivity index (χ1) is 10.1. The van der Waals surface area contributed by atoms with E-state index in [1.54, 1.807) is 7.05 Å². The number of tetrazole rings is 1. The van der Waals surface area contributed by atoms with E-state index in [9.17, 15) is 9.59 Å². The molecule has 2 atom stereocenters. The van der Waals surface area contributed by atoms with Gasteiger partial charge in [-0.25, -0.2) is 9.48 Å². The molecule has 1 aliphatic carbocycles. The summed E-state index contributed by atoms with van der Waals surface area (Å²) in [7, 11) is 1.69. The molecule has 0 saturated heterocycles. The molecule has 0 aromatic carbocycles. The normalized spacial score (nSPS) is 21.8. The van der Waals surface area contributed by atoms with Gasteiger partial charge < -0.3 is 5.32 Å². The van der Waals surface area contributed by atoms with Gasteiger partial charge in [0.2, 0.25) is 11.1 Å². The third-order valence-corrected chi connectivity index (χ3v) is 4.61. The number of aromatic nitrogens is 4. The lowest BCUT2D eigenvalue weighted by Gasteiger charge is -2.29. The van der Waals surface area contributed by atoms with E-state index in [0.717, 1.165) is 19.3 Å². The Morgan fingerprint density at radius 3 is 2.81 bits per heavy atom. The summed E-state index contributed by atoms with van der Waals surface area (Å²) in [6, 6.07) is -0.266. The number of amides is 3. The van der Waals surface area contributed by atoms with Crippen LogP contribution in [-0.2, 0) is 11.8 Å². The van der Waals surface area contributed by atoms with Gasteiger partial charge in [0.25, 0.3) is 0 Å². The second kappa shape index (κ2) is 7.39. The van der Waals surface area contributed by atoms with Crippen LogP contribution in [-0.4, -0.2) is 43.9 Å². The van der Waals surface area contributed by atoms with Crippen molar-refractivity contribution in [2.75, 3.05) is 5.75 Å². The quantitative estimate of drug-likeness (QED) is 0.794. The van der Waals surface area contributed by atoms with Crippen molar-refractivity contribution in [2.24, 2.45) is 13.0 Å². The summed E-state index contributed by atoms with van der Waals surface area (Å²) in [5.41, 5.74) is 0. The Hall–Kier alpha value is -1.64. The number of rotatable bonds is 4. The molecule has 0 spiro atoms. The van der Waals surface area contributed by atoms with Gasteiger partial charge in [-0.05, 0) is 29.2 Å². The monoisotopic (exact) mass is 312 g/mol. The first-order valence-electron chi connectivity index (χ1n) is 7.01. The highest BCUT2D eigenvalue weighted by molar-refractivity contribution is 7.99. The van der Waals surface area contributed by atoms with Crippen molar-refractivity contribution >= 4 is 23.7 Å². The van der Waals surface area contributed by atoms with E-state index < -0.39 is 6.03 Å². The number of nitrogens with one attached hydrogen (secondary N) is 2. The van der Waals surface area contributed by atoms with Crippen LogP contribution in [0.15, 0.2) is 5.16 Å². The summed E-state index contributed by atoms with van der Waals surface area (Å²) < 4.78 is 1.47. The van der Waals surface area contributed by atoms with Crippen LogP contribution in [0.25, 0.3) is 0 Å². The Morgan fingerprint density at radius 1 is 1.38 bits per heavy atom. The van der Waals surface area contributed by atoms with Crippen LogP contribution in [0.3, 0.4) is 0 Å². The molecule has 116 valence electrons. The molecule has 9 heteroatoms. The summed E-state index contributed by atoms with van der Waals surface area (Å²) in [6.07, 6.45) is 4.43. The lowest BCUT2D eigenvalue weighted by atomic mass is 9.86. The highest BCUT2D eigenvalue weighted by Crippen LogP contribution is 2.23. The van der Waals surface area contributed by atoms with Crippen molar-refractivity contribution in [3.8, 4) is 0 Å². The summed E-state index contributed by atoms with van der Waals surface area (Å²) in [4.78, 5) is 23.5. The van der Waals surface area contributed by atoms with Crippen LogP contribution in [0.5, 0.6) is 0 Å². The topological polar surface area (TPSA) is 102 Å². The molecule has 8 nitrogen and oxygen atoms in total. The Balaban J connectivity index is 1.72. The predicted octanol–water partition coefficient (Wildman–Crippen LogP) is 0.707. The first-order valence-corrected chi connectivity index (χ1v) is 8.00. The van der Waals surface area contributed by atoms with E-state index >= 15 is 0 Å². The lowest BCUT2D eigenvalue weighted by molar-refractivity contribution is -0.117. The summed E-state index contributed by atoms with van der Waals surface area (Å²) in [5, 5.41) is 16.7. The third kappa shape index (κ3) is 4.69. The highest BCUT2D eigenvalue weighted by atomic mass is 32.2. The summed E-state index contributed by atoms with van der Waals surface area (Å²) >= 11 is 1.19. The van der Waals surface area contributed by atoms with Crippen molar-refractivity contribution in [1.82, 2.24) is 30.8 Å². The molecule has 0 aliphatic heterocycles. The van der Waals surface area contributed by atoms with Crippen molar-refractivity contribution in [2.45, 2.75) is 43.8 Å². The zero-order valence-corrected chi connectivity index (χ0v) is 13.0. The Morgan fingerprint density at radius 2 is 2.14 bits per heavy atom. The Bertz CT molecular complexity index is 506. The smallest absolute Gasteiger partial charge is 0.321 e. The number of aryl methyl sites for hydroxylation is 1. The van der Waals surface area contributed by atoms with Crippen LogP contribution >= 0.6 is 11.8 Å². The van der Waals surface area contributed by atoms with Crippen molar-refractivity contribution in [3.05, 3.63) is 0 Å². The molecular weight excluding hydrogens is 292 g/mol. The van der Waals surface area contributed by atoms with Gasteiger partial charge in [-0.15, -0.1) is 5.10 Å². The standard InChI is InChI=1S/C12H20N6O2S/c1-8-5-3-4-6-9(8)13-11(20)14-10(19)7-21-12-15-16-17-18(12)2/h8-9H,3-7H2,1-2H3,(H2,13,14,19,20)/t8-,9+/m0/s1. The fourth-order valence-corrected chi connectivity index (χ4v) is 3.02. The molecule has 1 aromatic rings. The second-order valence-corrected chi connectivity index (χ2v) is 6.21. The molecule has 1 heterocycles. The van der Waals surface area contributed by atoms with Crippen LogP contribution in [0.2, 0.25) is 0 Å². The number of imide groups is 1. The molecule has 0 unspecified atom stereocenters. The molecule has 0 bridgehead atoms. The van der Waals surface area contributed by atoms with Gasteiger partial charge in [-0.1, -0.05) is 31.5 Å². The fraction of sp³-hybridized carbons (Fsp3) is 0.750. The number of hydrogen-bond donors (Lipinski definition) is 2. The summed E-state index contributed by atoms with van der Waals surface area (Å²) in [5.74, 6) is 0.199. The van der Waals surface area contributed by atoms with E-state index in [4.69, 9.17) is 0 Å². The van der Waals surface area contributed by atoms with Crippen molar-refractivity contribution in [3.63, 3.8) is 0 Å². The molecular formula is C12H20N6O2S. The van der Waals surface area contributed by atoms with Gasteiger partial charge >= 0.3 is 6.03 Å². The molecule has 21 heavy (non-hydrogen) atoms. The maximum Gasteiger partial charge on any atom is 0.321 e. The van der Waals surface area contributed by atoms with Crippen LogP contribution in [0, 0.1) is 5.92 Å². The van der Waals surface area contributed by atoms with E-state index in [1.165, 1.54) is 22.9 Å². The zero-order valence-electron chi connectivity index (χ0n) is 12.2. The number of urea groups is 1. The molecule has 2 rings (SSSR count). The second-order valence-electron chi connectivity index (χ2n) is 5.26. The zero-order chi connectivity index (χ0) is 15.2. The highest BCUT2D eigenvalue weighted by Gasteiger charge is 2.23. The van der Waals surface area contributed by atoms with Gasteiger partial charge in [0.15, 0.2) is 0 Å². The Kier molecular flexibility index (Phi) is 5.54. The number of nitrogens with zero attached hydrogens (tertiary/aromatic N) is 4. The van der Waals surface area contributed by atoms with E-state index in [1.807, 2.05) is 0 Å². The molecule has 1 aliphatic rings. The SMILES string of the molecule is C[C@H]1CCCC[C@H]1NC(=O)NC(=O)CSc1nnnn1C. The van der Waals surface area contributed by atoms with Crippen molar-refractivity contribution in [1.29, 1.82) is 0 Å². The van der Waals surface area contributed by atoms with Gasteiger partial charge in [-0.3, -0.25) is 10.1 Å². The number of carbonyl (C=O) groups excluding carboxylic acids is 2. The minimum atomic E-state index is -0.421. The summed E-state index contributed by atoms with van der Waals surface area (Å²) in [6.45, 7) is 2.13. The van der Waals surface area contributed by atoms with Gasteiger partial charge in [0.1, 0.15) is 0 Å². The minimum absolute atomic E-state index is 0.0991.